The van der Waals surface area contributed by atoms with Gasteiger partial charge in [-0.05, 0) is 38.5 Å². The summed E-state index contributed by atoms with van der Waals surface area (Å²) in [5.41, 5.74) is 0.488. The van der Waals surface area contributed by atoms with Crippen molar-refractivity contribution < 1.29 is 14.6 Å². The van der Waals surface area contributed by atoms with Crippen molar-refractivity contribution in [1.82, 2.24) is 10.2 Å². The Morgan fingerprint density at radius 2 is 2.00 bits per heavy atom. The van der Waals surface area contributed by atoms with Crippen LogP contribution in [0.3, 0.4) is 0 Å². The standard InChI is InChI=1S/C15H22N2O3/c1-15(2,3)20-14(19)17-9-8-16-10-13(17)11-4-6-12(18)7-5-11/h4-7,13,16,18H,8-10H2,1-3H3. The Hall–Kier alpha value is -1.75. The van der Waals surface area contributed by atoms with E-state index >= 15 is 0 Å². The van der Waals surface area contributed by atoms with Gasteiger partial charge in [0, 0.05) is 19.6 Å². The van der Waals surface area contributed by atoms with Crippen LogP contribution in [0.15, 0.2) is 24.3 Å². The van der Waals surface area contributed by atoms with Crippen molar-refractivity contribution in [3.05, 3.63) is 29.8 Å². The normalized spacial score (nSPS) is 19.8. The van der Waals surface area contributed by atoms with Crippen molar-refractivity contribution >= 4 is 6.09 Å². The molecule has 5 heteroatoms. The van der Waals surface area contributed by atoms with E-state index in [1.807, 2.05) is 32.9 Å². The molecule has 0 bridgehead atoms. The topological polar surface area (TPSA) is 61.8 Å². The van der Waals surface area contributed by atoms with Crippen LogP contribution < -0.4 is 5.32 Å². The summed E-state index contributed by atoms with van der Waals surface area (Å²) >= 11 is 0. The monoisotopic (exact) mass is 278 g/mol. The quantitative estimate of drug-likeness (QED) is 0.827. The molecule has 1 aromatic carbocycles. The van der Waals surface area contributed by atoms with Crippen molar-refractivity contribution in [1.29, 1.82) is 0 Å². The second-order valence-electron chi connectivity index (χ2n) is 5.99. The highest BCUT2D eigenvalue weighted by molar-refractivity contribution is 5.69. The number of hydrogen-bond acceptors (Lipinski definition) is 4. The number of nitrogens with zero attached hydrogens (tertiary/aromatic N) is 1. The van der Waals surface area contributed by atoms with Crippen molar-refractivity contribution in [2.24, 2.45) is 0 Å². The maximum absolute atomic E-state index is 12.3. The van der Waals surface area contributed by atoms with Crippen molar-refractivity contribution in [2.45, 2.75) is 32.4 Å². The van der Waals surface area contributed by atoms with Crippen LogP contribution >= 0.6 is 0 Å². The average Bonchev–Trinajstić information content (AvgIpc) is 2.38. The lowest BCUT2D eigenvalue weighted by Crippen LogP contribution is -2.50. The van der Waals surface area contributed by atoms with E-state index in [4.69, 9.17) is 4.74 Å². The van der Waals surface area contributed by atoms with Crippen LogP contribution in [0.1, 0.15) is 32.4 Å². The van der Waals surface area contributed by atoms with Gasteiger partial charge in [0.05, 0.1) is 6.04 Å². The first-order valence-corrected chi connectivity index (χ1v) is 6.86. The summed E-state index contributed by atoms with van der Waals surface area (Å²) in [5, 5.41) is 12.6. The van der Waals surface area contributed by atoms with Crippen LogP contribution in [0.4, 0.5) is 4.79 Å². The van der Waals surface area contributed by atoms with E-state index < -0.39 is 5.60 Å². The molecule has 2 N–H and O–H groups in total. The predicted octanol–water partition coefficient (Wildman–Crippen LogP) is 2.27. The number of ether oxygens (including phenoxy) is 1. The number of nitrogens with one attached hydrogen (secondary N) is 1. The molecule has 1 unspecified atom stereocenters. The Morgan fingerprint density at radius 1 is 1.35 bits per heavy atom. The highest BCUT2D eigenvalue weighted by Crippen LogP contribution is 2.25. The molecule has 1 aliphatic heterocycles. The van der Waals surface area contributed by atoms with E-state index in [1.54, 1.807) is 17.0 Å². The van der Waals surface area contributed by atoms with Gasteiger partial charge in [-0.1, -0.05) is 12.1 Å². The Labute approximate surface area is 119 Å². The number of carbonyl (C=O) groups is 1. The van der Waals surface area contributed by atoms with Crippen LogP contribution in [-0.4, -0.2) is 41.3 Å². The number of rotatable bonds is 1. The fourth-order valence-electron chi connectivity index (χ4n) is 2.24. The number of hydrogen-bond donors (Lipinski definition) is 2. The van der Waals surface area contributed by atoms with E-state index in [0.717, 1.165) is 12.1 Å². The van der Waals surface area contributed by atoms with Gasteiger partial charge in [0.1, 0.15) is 11.4 Å². The molecule has 1 aromatic rings. The molecule has 1 amide bonds. The van der Waals surface area contributed by atoms with Gasteiger partial charge in [0.15, 0.2) is 0 Å². The zero-order chi connectivity index (χ0) is 14.8. The zero-order valence-electron chi connectivity index (χ0n) is 12.2. The Morgan fingerprint density at radius 3 is 2.60 bits per heavy atom. The summed E-state index contributed by atoms with van der Waals surface area (Å²) in [6, 6.07) is 6.88. The SMILES string of the molecule is CC(C)(C)OC(=O)N1CCNCC1c1ccc(O)cc1. The smallest absolute Gasteiger partial charge is 0.410 e. The fourth-order valence-corrected chi connectivity index (χ4v) is 2.24. The van der Waals surface area contributed by atoms with Gasteiger partial charge in [-0.2, -0.15) is 0 Å². The van der Waals surface area contributed by atoms with Gasteiger partial charge < -0.3 is 15.2 Å². The maximum Gasteiger partial charge on any atom is 0.410 e. The molecule has 110 valence electrons. The van der Waals surface area contributed by atoms with Crippen LogP contribution in [0.2, 0.25) is 0 Å². The molecular formula is C15H22N2O3. The lowest BCUT2D eigenvalue weighted by Gasteiger charge is -2.37. The van der Waals surface area contributed by atoms with Crippen molar-refractivity contribution in [3.8, 4) is 5.75 Å². The Kier molecular flexibility index (Phi) is 4.18. The van der Waals surface area contributed by atoms with E-state index in [2.05, 4.69) is 5.32 Å². The third-order valence-corrected chi connectivity index (χ3v) is 3.15. The number of phenols is 1. The van der Waals surface area contributed by atoms with Crippen LogP contribution in [0.25, 0.3) is 0 Å². The average molecular weight is 278 g/mol. The molecule has 0 saturated carbocycles. The summed E-state index contributed by atoms with van der Waals surface area (Å²) in [6.07, 6.45) is -0.294. The summed E-state index contributed by atoms with van der Waals surface area (Å²) in [4.78, 5) is 14.0. The molecule has 20 heavy (non-hydrogen) atoms. The molecule has 1 aliphatic rings. The van der Waals surface area contributed by atoms with Crippen LogP contribution in [0, 0.1) is 0 Å². The molecule has 0 spiro atoms. The number of phenolic OH excluding ortho intramolecular Hbond substituents is 1. The summed E-state index contributed by atoms with van der Waals surface area (Å²) < 4.78 is 5.46. The van der Waals surface area contributed by atoms with E-state index in [-0.39, 0.29) is 17.9 Å². The predicted molar refractivity (Wildman–Crippen MR) is 76.7 cm³/mol. The largest absolute Gasteiger partial charge is 0.508 e. The second-order valence-corrected chi connectivity index (χ2v) is 5.99. The summed E-state index contributed by atoms with van der Waals surface area (Å²) in [6.45, 7) is 7.65. The number of aromatic hydroxyl groups is 1. The minimum atomic E-state index is -0.499. The second kappa shape index (κ2) is 5.71. The van der Waals surface area contributed by atoms with Gasteiger partial charge in [-0.25, -0.2) is 4.79 Å². The number of benzene rings is 1. The molecule has 0 aromatic heterocycles. The van der Waals surface area contributed by atoms with E-state index in [0.29, 0.717) is 13.1 Å². The first kappa shape index (κ1) is 14.7. The highest BCUT2D eigenvalue weighted by atomic mass is 16.6. The minimum absolute atomic E-state index is 0.0702. The number of piperazine rings is 1. The first-order valence-electron chi connectivity index (χ1n) is 6.86. The number of amides is 1. The molecule has 1 saturated heterocycles. The molecule has 5 nitrogen and oxygen atoms in total. The molecule has 1 heterocycles. The minimum Gasteiger partial charge on any atom is -0.508 e. The first-order chi connectivity index (χ1) is 9.37. The maximum atomic E-state index is 12.3. The zero-order valence-corrected chi connectivity index (χ0v) is 12.2. The van der Waals surface area contributed by atoms with Crippen molar-refractivity contribution in [3.63, 3.8) is 0 Å². The molecular weight excluding hydrogens is 256 g/mol. The van der Waals surface area contributed by atoms with Crippen LogP contribution in [0.5, 0.6) is 5.75 Å². The van der Waals surface area contributed by atoms with E-state index in [9.17, 15) is 9.90 Å². The third kappa shape index (κ3) is 3.63. The molecule has 0 radical (unpaired) electrons. The highest BCUT2D eigenvalue weighted by Gasteiger charge is 2.31. The Balaban J connectivity index is 2.16. The van der Waals surface area contributed by atoms with Crippen LogP contribution in [-0.2, 0) is 4.74 Å². The van der Waals surface area contributed by atoms with Gasteiger partial charge in [0.2, 0.25) is 0 Å². The van der Waals surface area contributed by atoms with Gasteiger partial charge in [-0.3, -0.25) is 4.90 Å². The van der Waals surface area contributed by atoms with Gasteiger partial charge >= 0.3 is 6.09 Å². The Bertz CT molecular complexity index is 465. The fraction of sp³-hybridized carbons (Fsp3) is 0.533. The molecule has 1 atom stereocenters. The van der Waals surface area contributed by atoms with Crippen molar-refractivity contribution in [2.75, 3.05) is 19.6 Å². The number of carbonyl (C=O) groups excluding carboxylic acids is 1. The lowest BCUT2D eigenvalue weighted by atomic mass is 10.0. The molecule has 1 fully saturated rings. The summed E-state index contributed by atoms with van der Waals surface area (Å²) in [5.74, 6) is 0.223. The third-order valence-electron chi connectivity index (χ3n) is 3.15. The molecule has 0 aliphatic carbocycles. The molecule has 2 rings (SSSR count). The van der Waals surface area contributed by atoms with Gasteiger partial charge in [0.25, 0.3) is 0 Å². The van der Waals surface area contributed by atoms with E-state index in [1.165, 1.54) is 0 Å². The summed E-state index contributed by atoms with van der Waals surface area (Å²) in [7, 11) is 0. The van der Waals surface area contributed by atoms with Gasteiger partial charge in [-0.15, -0.1) is 0 Å². The lowest BCUT2D eigenvalue weighted by molar-refractivity contribution is 0.0118.